The van der Waals surface area contributed by atoms with Crippen LogP contribution >= 0.6 is 58.0 Å². The summed E-state index contributed by atoms with van der Waals surface area (Å²) in [5.74, 6) is -3.14. The van der Waals surface area contributed by atoms with E-state index in [0.717, 1.165) is 6.92 Å². The van der Waals surface area contributed by atoms with Crippen LogP contribution in [-0.2, 0) is 10.5 Å². The van der Waals surface area contributed by atoms with Crippen molar-refractivity contribution in [2.75, 3.05) is 10.6 Å². The Morgan fingerprint density at radius 3 is 1.91 bits per heavy atom. The lowest BCUT2D eigenvalue weighted by atomic mass is 9.92. The molecule has 0 radical (unpaired) electrons. The summed E-state index contributed by atoms with van der Waals surface area (Å²) >= 11 is 30.9. The third-order valence-electron chi connectivity index (χ3n) is 6.71. The maximum Gasteiger partial charge on any atom is 0.435 e. The van der Waals surface area contributed by atoms with E-state index in [1.165, 1.54) is 24.3 Å². The minimum absolute atomic E-state index is 0.0862. The second-order valence-electron chi connectivity index (χ2n) is 9.65. The molecule has 1 saturated carbocycles. The lowest BCUT2D eigenvalue weighted by Crippen LogP contribution is -2.50. The van der Waals surface area contributed by atoms with Crippen LogP contribution in [0.2, 0.25) is 15.1 Å². The van der Waals surface area contributed by atoms with Gasteiger partial charge in [-0.3, -0.25) is 9.59 Å². The van der Waals surface area contributed by atoms with Crippen LogP contribution in [0.3, 0.4) is 0 Å². The highest BCUT2D eigenvalue weighted by molar-refractivity contribution is 6.53. The SMILES string of the molecule is Cc1cc(C(F)(C(F)(F)F)C(F)(F)F)ccc1NC(=O)c1cc(NC(=O)[C@H]2[C@H](c3cc(Cl)cc(Cl)c3)C2(Cl)Cl)ccc1Cl. The number of amides is 2. The summed E-state index contributed by atoms with van der Waals surface area (Å²) in [6.07, 6.45) is -12.6. The van der Waals surface area contributed by atoms with E-state index in [4.69, 9.17) is 58.0 Å². The fraction of sp³-hybridized carbons (Fsp3) is 0.259. The summed E-state index contributed by atoms with van der Waals surface area (Å²) in [4.78, 5) is 26.0. The van der Waals surface area contributed by atoms with Gasteiger partial charge >= 0.3 is 18.0 Å². The molecule has 1 fully saturated rings. The molecule has 1 aliphatic rings. The molecule has 2 amide bonds. The van der Waals surface area contributed by atoms with E-state index in [2.05, 4.69) is 10.6 Å². The number of anilines is 2. The highest BCUT2D eigenvalue weighted by Gasteiger charge is 2.73. The van der Waals surface area contributed by atoms with Crippen LogP contribution in [0.5, 0.6) is 0 Å². The van der Waals surface area contributed by atoms with Crippen molar-refractivity contribution in [1.29, 1.82) is 0 Å². The van der Waals surface area contributed by atoms with Gasteiger partial charge in [0.25, 0.3) is 5.91 Å². The van der Waals surface area contributed by atoms with Crippen molar-refractivity contribution in [3.63, 3.8) is 0 Å². The summed E-state index contributed by atoms with van der Waals surface area (Å²) in [5, 5.41) is 5.38. The van der Waals surface area contributed by atoms with Crippen LogP contribution in [0.1, 0.15) is 33.0 Å². The van der Waals surface area contributed by atoms with E-state index < -0.39 is 51.6 Å². The first-order valence-electron chi connectivity index (χ1n) is 11.9. The Morgan fingerprint density at radius 1 is 0.791 bits per heavy atom. The maximum absolute atomic E-state index is 14.4. The van der Waals surface area contributed by atoms with Crippen molar-refractivity contribution in [2.45, 2.75) is 35.2 Å². The molecule has 0 heterocycles. The Labute approximate surface area is 264 Å². The zero-order valence-electron chi connectivity index (χ0n) is 21.2. The number of aryl methyl sites for hydroxylation is 1. The Kier molecular flexibility index (Phi) is 8.94. The first-order valence-corrected chi connectivity index (χ1v) is 13.8. The first-order chi connectivity index (χ1) is 19.7. The fourth-order valence-corrected chi connectivity index (χ4v) is 6.09. The normalized spacial score (nSPS) is 18.3. The van der Waals surface area contributed by atoms with Crippen LogP contribution in [0.4, 0.5) is 42.1 Å². The van der Waals surface area contributed by atoms with Gasteiger partial charge in [-0.05, 0) is 60.5 Å². The van der Waals surface area contributed by atoms with E-state index >= 15 is 0 Å². The molecule has 1 aliphatic carbocycles. The number of nitrogens with one attached hydrogen (secondary N) is 2. The Bertz CT molecular complexity index is 1580. The number of hydrogen-bond donors (Lipinski definition) is 2. The van der Waals surface area contributed by atoms with Crippen LogP contribution in [-0.4, -0.2) is 28.5 Å². The molecule has 2 atom stereocenters. The van der Waals surface area contributed by atoms with Crippen molar-refractivity contribution in [3.8, 4) is 0 Å². The lowest BCUT2D eigenvalue weighted by molar-refractivity contribution is -0.348. The van der Waals surface area contributed by atoms with E-state index in [9.17, 15) is 40.3 Å². The molecule has 0 spiro atoms. The van der Waals surface area contributed by atoms with Gasteiger partial charge in [0.2, 0.25) is 5.91 Å². The number of carbonyl (C=O) groups excluding carboxylic acids is 2. The van der Waals surface area contributed by atoms with E-state index in [1.807, 2.05) is 0 Å². The topological polar surface area (TPSA) is 58.2 Å². The van der Waals surface area contributed by atoms with Gasteiger partial charge < -0.3 is 10.6 Å². The molecule has 4 rings (SSSR count). The molecule has 43 heavy (non-hydrogen) atoms. The smallest absolute Gasteiger partial charge is 0.326 e. The summed E-state index contributed by atoms with van der Waals surface area (Å²) in [6, 6.07) is 9.72. The average Bonchev–Trinajstić information content (AvgIpc) is 3.45. The van der Waals surface area contributed by atoms with Gasteiger partial charge in [0.15, 0.2) is 0 Å². The average molecular weight is 711 g/mol. The second kappa shape index (κ2) is 11.5. The maximum atomic E-state index is 14.4. The highest BCUT2D eigenvalue weighted by Crippen LogP contribution is 2.65. The zero-order chi connectivity index (χ0) is 32.3. The Balaban J connectivity index is 1.53. The summed E-state index contributed by atoms with van der Waals surface area (Å²) < 4.78 is 91.7. The van der Waals surface area contributed by atoms with Gasteiger partial charge in [-0.25, -0.2) is 4.39 Å². The van der Waals surface area contributed by atoms with Crippen LogP contribution in [0, 0.1) is 12.8 Å². The first kappa shape index (κ1) is 33.5. The van der Waals surface area contributed by atoms with Gasteiger partial charge in [-0.2, -0.15) is 26.3 Å². The number of halogens is 12. The molecule has 4 nitrogen and oxygen atoms in total. The summed E-state index contributed by atoms with van der Waals surface area (Å²) in [6.45, 7) is 1.08. The molecule has 230 valence electrons. The van der Waals surface area contributed by atoms with Crippen LogP contribution in [0.15, 0.2) is 54.6 Å². The van der Waals surface area contributed by atoms with Crippen molar-refractivity contribution in [2.24, 2.45) is 5.92 Å². The van der Waals surface area contributed by atoms with Gasteiger partial charge in [0, 0.05) is 32.9 Å². The molecule has 0 saturated heterocycles. The Morgan fingerprint density at radius 2 is 1.37 bits per heavy atom. The number of alkyl halides is 9. The lowest BCUT2D eigenvalue weighted by Gasteiger charge is -2.30. The third-order valence-corrected chi connectivity index (χ3v) is 8.42. The summed E-state index contributed by atoms with van der Waals surface area (Å²) in [7, 11) is 0. The predicted molar refractivity (Wildman–Crippen MR) is 151 cm³/mol. The summed E-state index contributed by atoms with van der Waals surface area (Å²) in [5.41, 5.74) is -7.47. The predicted octanol–water partition coefficient (Wildman–Crippen LogP) is 10.0. The molecule has 0 unspecified atom stereocenters. The minimum Gasteiger partial charge on any atom is -0.326 e. The number of rotatable bonds is 6. The molecule has 0 bridgehead atoms. The zero-order valence-corrected chi connectivity index (χ0v) is 25.0. The van der Waals surface area contributed by atoms with Gasteiger partial charge in [0.05, 0.1) is 16.5 Å². The molecule has 0 aliphatic heterocycles. The van der Waals surface area contributed by atoms with Crippen molar-refractivity contribution >= 4 is 81.2 Å². The van der Waals surface area contributed by atoms with Crippen molar-refractivity contribution < 1.29 is 40.3 Å². The fourth-order valence-electron chi connectivity index (χ4n) is 4.52. The van der Waals surface area contributed by atoms with Crippen LogP contribution in [0.25, 0.3) is 0 Å². The number of carbonyl (C=O) groups is 2. The molecular weight excluding hydrogens is 695 g/mol. The van der Waals surface area contributed by atoms with E-state index in [1.54, 1.807) is 12.1 Å². The van der Waals surface area contributed by atoms with Gasteiger partial charge in [-0.1, -0.05) is 46.9 Å². The van der Waals surface area contributed by atoms with Crippen molar-refractivity contribution in [1.82, 2.24) is 0 Å². The molecule has 3 aromatic carbocycles. The van der Waals surface area contributed by atoms with E-state index in [0.29, 0.717) is 27.7 Å². The third kappa shape index (κ3) is 6.38. The molecule has 0 aromatic heterocycles. The molecule has 2 N–H and O–H groups in total. The molecular formula is C27H16Cl5F7N2O2. The van der Waals surface area contributed by atoms with Crippen molar-refractivity contribution in [3.05, 3.63) is 91.9 Å². The Hall–Kier alpha value is -2.44. The standard InChI is InChI=1S/C27H16Cl5F7N2O2/c1-11-6-13(25(33,26(34,35)36)27(37,38)39)2-5-19(11)41-22(42)17-10-16(3-4-18(17)30)40-23(43)21-20(24(21,31)32)12-7-14(28)9-15(29)8-12/h2-10,20-21H,1H3,(H,40,43)(H,41,42)/t20-,21+/m0/s1. The van der Waals surface area contributed by atoms with E-state index in [-0.39, 0.29) is 33.6 Å². The minimum atomic E-state index is -6.30. The monoisotopic (exact) mass is 708 g/mol. The quantitative estimate of drug-likeness (QED) is 0.198. The van der Waals surface area contributed by atoms with Gasteiger partial charge in [0.1, 0.15) is 4.33 Å². The van der Waals surface area contributed by atoms with Gasteiger partial charge in [-0.15, -0.1) is 23.2 Å². The number of hydrogen-bond acceptors (Lipinski definition) is 2. The molecule has 16 heteroatoms. The largest absolute Gasteiger partial charge is 0.435 e. The molecule has 3 aromatic rings. The number of benzene rings is 3. The van der Waals surface area contributed by atoms with Crippen LogP contribution < -0.4 is 10.6 Å². The second-order valence-corrected chi connectivity index (χ2v) is 12.4. The highest BCUT2D eigenvalue weighted by atomic mass is 35.5.